The summed E-state index contributed by atoms with van der Waals surface area (Å²) in [5, 5.41) is 0. The number of alkyl halides is 3. The van der Waals surface area contributed by atoms with Crippen LogP contribution in [0.1, 0.15) is 93.6 Å². The lowest BCUT2D eigenvalue weighted by molar-refractivity contribution is -0.283. The highest BCUT2D eigenvalue weighted by molar-refractivity contribution is 6.50. The minimum Gasteiger partial charge on any atom is -0.459 e. The van der Waals surface area contributed by atoms with E-state index in [1.165, 1.54) is 42.8 Å². The van der Waals surface area contributed by atoms with Crippen LogP contribution in [0.3, 0.4) is 0 Å². The topological polar surface area (TPSA) is 107 Å². The Labute approximate surface area is 315 Å². The SMILES string of the molecule is CO[C@@](C(=O)O[C@H]1[C@@H](C)[C@H]2CC[C@H](C)/C=C(\C)C[C@@H](C)C[C@H](C)[C@]34OC5=C(C)C(=O)C(=O)C(=C5[C@H]3OC(C)(C)O4)[C@H](O2)[C@@H]1C)(c1ccccc1)C(F)(F)F. The molecule has 0 spiro atoms. The minimum atomic E-state index is -5.19. The van der Waals surface area contributed by atoms with Gasteiger partial charge in [0.05, 0.1) is 12.2 Å². The van der Waals surface area contributed by atoms with Gasteiger partial charge in [-0.15, -0.1) is 0 Å². The number of allylic oxidation sites excluding steroid dienone is 3. The molecule has 296 valence electrons. The molecule has 11 atom stereocenters. The van der Waals surface area contributed by atoms with E-state index in [0.717, 1.165) is 13.5 Å². The Hall–Kier alpha value is -3.32. The fourth-order valence-corrected chi connectivity index (χ4v) is 9.53. The number of ether oxygens (including phenoxy) is 6. The average molecular weight is 759 g/mol. The van der Waals surface area contributed by atoms with Gasteiger partial charge in [0.15, 0.2) is 11.9 Å². The third-order valence-corrected chi connectivity index (χ3v) is 12.1. The maximum Gasteiger partial charge on any atom is 0.432 e. The van der Waals surface area contributed by atoms with Crippen LogP contribution in [0, 0.1) is 29.6 Å². The monoisotopic (exact) mass is 758 g/mol. The normalized spacial score (nSPS) is 37.9. The van der Waals surface area contributed by atoms with E-state index in [-0.39, 0.29) is 34.7 Å². The van der Waals surface area contributed by atoms with E-state index in [2.05, 4.69) is 26.8 Å². The molecule has 12 heteroatoms. The molecule has 4 heterocycles. The molecule has 3 fully saturated rings. The molecule has 1 aromatic rings. The molecule has 54 heavy (non-hydrogen) atoms. The molecule has 0 radical (unpaired) electrons. The van der Waals surface area contributed by atoms with Crippen molar-refractivity contribution >= 4 is 17.5 Å². The van der Waals surface area contributed by atoms with Crippen LogP contribution in [0.2, 0.25) is 0 Å². The molecule has 3 saturated heterocycles. The zero-order chi connectivity index (χ0) is 39.7. The van der Waals surface area contributed by atoms with Crippen molar-refractivity contribution in [2.24, 2.45) is 29.6 Å². The quantitative estimate of drug-likeness (QED) is 0.130. The molecule has 6 rings (SSSR count). The number of ketones is 2. The predicted molar refractivity (Wildman–Crippen MR) is 191 cm³/mol. The van der Waals surface area contributed by atoms with Crippen LogP contribution >= 0.6 is 0 Å². The molecular weight excluding hydrogens is 705 g/mol. The first-order chi connectivity index (χ1) is 25.2. The first kappa shape index (κ1) is 40.3. The molecule has 0 amide bonds. The highest BCUT2D eigenvalue weighted by Crippen LogP contribution is 2.58. The van der Waals surface area contributed by atoms with E-state index in [1.54, 1.807) is 27.7 Å². The van der Waals surface area contributed by atoms with E-state index < -0.39 is 82.7 Å². The molecule has 1 aromatic carbocycles. The van der Waals surface area contributed by atoms with Gasteiger partial charge in [0.1, 0.15) is 11.9 Å². The van der Waals surface area contributed by atoms with Crippen molar-refractivity contribution in [2.45, 2.75) is 136 Å². The number of carbonyl (C=O) groups excluding carboxylic acids is 3. The molecule has 4 aliphatic heterocycles. The maximum atomic E-state index is 15.1. The summed E-state index contributed by atoms with van der Waals surface area (Å²) in [5.74, 6) is -7.02. The molecule has 5 aliphatic rings. The third-order valence-electron chi connectivity index (χ3n) is 12.1. The second-order valence-corrected chi connectivity index (χ2v) is 16.7. The molecular formula is C42H53F3O9. The fourth-order valence-electron chi connectivity index (χ4n) is 9.53. The molecule has 1 aliphatic carbocycles. The van der Waals surface area contributed by atoms with Crippen molar-refractivity contribution in [3.8, 4) is 0 Å². The molecule has 0 unspecified atom stereocenters. The number of halogens is 3. The van der Waals surface area contributed by atoms with Crippen molar-refractivity contribution in [1.82, 2.24) is 0 Å². The van der Waals surface area contributed by atoms with Crippen LogP contribution in [-0.2, 0) is 48.4 Å². The van der Waals surface area contributed by atoms with Crippen LogP contribution in [0.5, 0.6) is 0 Å². The van der Waals surface area contributed by atoms with E-state index in [0.29, 0.717) is 24.8 Å². The first-order valence-corrected chi connectivity index (χ1v) is 19.0. The van der Waals surface area contributed by atoms with E-state index in [1.807, 2.05) is 6.92 Å². The highest BCUT2D eigenvalue weighted by atomic mass is 19.4. The summed E-state index contributed by atoms with van der Waals surface area (Å²) in [5.41, 5.74) is -2.22. The van der Waals surface area contributed by atoms with Crippen molar-refractivity contribution in [3.63, 3.8) is 0 Å². The van der Waals surface area contributed by atoms with Crippen molar-refractivity contribution in [2.75, 3.05) is 7.11 Å². The second kappa shape index (κ2) is 14.3. The average Bonchev–Trinajstić information content (AvgIpc) is 3.54. The Balaban J connectivity index is 1.52. The zero-order valence-corrected chi connectivity index (χ0v) is 32.8. The number of esters is 1. The molecule has 9 nitrogen and oxygen atoms in total. The Kier molecular flexibility index (Phi) is 10.7. The number of rotatable bonds is 4. The third kappa shape index (κ3) is 6.58. The van der Waals surface area contributed by atoms with Crippen molar-refractivity contribution in [1.29, 1.82) is 0 Å². The number of Topliss-reactive ketones (excluding diaryl/α,β-unsaturated/α-hetero) is 2. The van der Waals surface area contributed by atoms with Crippen LogP contribution in [0.25, 0.3) is 0 Å². The van der Waals surface area contributed by atoms with Gasteiger partial charge in [0.25, 0.3) is 5.60 Å². The van der Waals surface area contributed by atoms with Crippen molar-refractivity contribution in [3.05, 3.63) is 70.0 Å². The van der Waals surface area contributed by atoms with Crippen LogP contribution in [0.15, 0.2) is 64.5 Å². The van der Waals surface area contributed by atoms with Crippen LogP contribution < -0.4 is 0 Å². The number of carbonyl (C=O) groups is 3. The van der Waals surface area contributed by atoms with Gasteiger partial charge < -0.3 is 28.4 Å². The predicted octanol–water partition coefficient (Wildman–Crippen LogP) is 8.07. The van der Waals surface area contributed by atoms with Gasteiger partial charge in [-0.05, 0) is 65.2 Å². The minimum absolute atomic E-state index is 0.00718. The second-order valence-electron chi connectivity index (χ2n) is 16.7. The first-order valence-electron chi connectivity index (χ1n) is 19.0. The molecule has 4 bridgehead atoms. The van der Waals surface area contributed by atoms with Gasteiger partial charge in [-0.3, -0.25) is 9.59 Å². The number of hydrogen-bond acceptors (Lipinski definition) is 9. The number of fused-ring (bicyclic) bond motifs is 3. The summed E-state index contributed by atoms with van der Waals surface area (Å²) in [6.07, 6.45) is -4.36. The maximum absolute atomic E-state index is 15.1. The lowest BCUT2D eigenvalue weighted by atomic mass is 9.73. The Morgan fingerprint density at radius 1 is 0.926 bits per heavy atom. The highest BCUT2D eigenvalue weighted by Gasteiger charge is 2.68. The number of hydrogen-bond donors (Lipinski definition) is 0. The van der Waals surface area contributed by atoms with E-state index >= 15 is 13.2 Å². The summed E-state index contributed by atoms with van der Waals surface area (Å²) in [6.45, 7) is 16.9. The standard InChI is InChI=1S/C42H53F3O9/c1-21-16-17-29-25(5)34(51-38(48)40(49-10,42(43,44)45)28-14-12-11-13-15-28)27(7)35(50-29)30-31-36(26(6)32(46)33(30)47)52-41(37(31)53-39(8,9)54-41)24(4)20-23(3)19-22(2)18-21/h11-15,18,21,23-25,27,29,34-35,37H,16-17,19-20H2,1-10H3/b22-18+/t21-,23+,24-,25-,27+,29+,34-,35+,37+,40+,41+/m0/s1. The molecule has 0 saturated carbocycles. The van der Waals surface area contributed by atoms with Gasteiger partial charge in [0.2, 0.25) is 17.4 Å². The summed E-state index contributed by atoms with van der Waals surface area (Å²) in [4.78, 5) is 42.3. The lowest BCUT2D eigenvalue weighted by Crippen LogP contribution is -2.57. The van der Waals surface area contributed by atoms with E-state index in [9.17, 15) is 14.4 Å². The Bertz CT molecular complexity index is 1760. The smallest absolute Gasteiger partial charge is 0.432 e. The van der Waals surface area contributed by atoms with Gasteiger partial charge in [0, 0.05) is 47.1 Å². The summed E-state index contributed by atoms with van der Waals surface area (Å²) < 4.78 is 83.0. The molecule has 0 N–H and O–H groups in total. The van der Waals surface area contributed by atoms with Gasteiger partial charge in [-0.25, -0.2) is 4.79 Å². The fraction of sp³-hybridized carbons (Fsp3) is 0.643. The summed E-state index contributed by atoms with van der Waals surface area (Å²) in [7, 11) is 0.824. The van der Waals surface area contributed by atoms with Gasteiger partial charge in [-0.1, -0.05) is 76.6 Å². The lowest BCUT2D eigenvalue weighted by Gasteiger charge is -2.46. The number of benzene rings is 1. The van der Waals surface area contributed by atoms with Gasteiger partial charge in [-0.2, -0.15) is 13.2 Å². The van der Waals surface area contributed by atoms with E-state index in [4.69, 9.17) is 28.4 Å². The Morgan fingerprint density at radius 2 is 1.59 bits per heavy atom. The summed E-state index contributed by atoms with van der Waals surface area (Å²) >= 11 is 0. The Morgan fingerprint density at radius 3 is 2.22 bits per heavy atom. The van der Waals surface area contributed by atoms with Crippen molar-refractivity contribution < 1.29 is 56.0 Å². The number of methoxy groups -OCH3 is 1. The summed E-state index contributed by atoms with van der Waals surface area (Å²) in [6, 6.07) is 6.65. The van der Waals surface area contributed by atoms with Crippen LogP contribution in [-0.4, -0.2) is 66.8 Å². The van der Waals surface area contributed by atoms with Gasteiger partial charge >= 0.3 is 12.1 Å². The zero-order valence-electron chi connectivity index (χ0n) is 32.8. The molecule has 0 aromatic heterocycles. The van der Waals surface area contributed by atoms with Crippen LogP contribution in [0.4, 0.5) is 13.2 Å². The largest absolute Gasteiger partial charge is 0.459 e.